The van der Waals surface area contributed by atoms with Crippen molar-refractivity contribution < 1.29 is 4.79 Å². The normalized spacial score (nSPS) is 10.7. The van der Waals surface area contributed by atoms with E-state index in [4.69, 9.17) is 5.26 Å². The van der Waals surface area contributed by atoms with Gasteiger partial charge in [0, 0.05) is 18.4 Å². The van der Waals surface area contributed by atoms with Gasteiger partial charge in [0.1, 0.15) is 11.6 Å². The highest BCUT2D eigenvalue weighted by atomic mass is 16.1. The fraction of sp³-hybridized carbons (Fsp3) is 0.333. The van der Waals surface area contributed by atoms with Gasteiger partial charge in [-0.3, -0.25) is 4.79 Å². The molecule has 4 nitrogen and oxygen atoms in total. The van der Waals surface area contributed by atoms with Crippen LogP contribution in [0.3, 0.4) is 0 Å². The Morgan fingerprint density at radius 2 is 2.00 bits per heavy atom. The van der Waals surface area contributed by atoms with Crippen molar-refractivity contribution in [1.29, 1.82) is 5.26 Å². The van der Waals surface area contributed by atoms with Gasteiger partial charge in [-0.15, -0.1) is 0 Å². The average Bonchev–Trinajstić information content (AvgIpc) is 2.39. The zero-order valence-corrected chi connectivity index (χ0v) is 11.6. The Morgan fingerprint density at radius 3 is 2.53 bits per heavy atom. The number of anilines is 1. The van der Waals surface area contributed by atoms with Crippen LogP contribution in [0.5, 0.6) is 0 Å². The molecular formula is C15H19N3O. The number of para-hydroxylation sites is 1. The molecule has 100 valence electrons. The number of nitrogens with one attached hydrogen (secondary N) is 2. The van der Waals surface area contributed by atoms with Crippen molar-refractivity contribution in [3.8, 4) is 6.07 Å². The van der Waals surface area contributed by atoms with E-state index in [1.165, 1.54) is 6.20 Å². The molecule has 0 aromatic heterocycles. The first-order chi connectivity index (χ1) is 9.10. The Bertz CT molecular complexity index is 506. The van der Waals surface area contributed by atoms with Gasteiger partial charge in [0.2, 0.25) is 0 Å². The molecule has 2 N–H and O–H groups in total. The molecule has 1 amide bonds. The first kappa shape index (κ1) is 14.8. The molecule has 0 radical (unpaired) electrons. The minimum Gasteiger partial charge on any atom is -0.360 e. The predicted molar refractivity (Wildman–Crippen MR) is 76.5 cm³/mol. The van der Waals surface area contributed by atoms with Gasteiger partial charge in [-0.1, -0.05) is 25.1 Å². The van der Waals surface area contributed by atoms with E-state index in [9.17, 15) is 4.79 Å². The Labute approximate surface area is 114 Å². The summed E-state index contributed by atoms with van der Waals surface area (Å²) in [6, 6.07) is 7.83. The van der Waals surface area contributed by atoms with Gasteiger partial charge in [-0.25, -0.2) is 0 Å². The number of benzene rings is 1. The van der Waals surface area contributed by atoms with Gasteiger partial charge in [-0.05, 0) is 31.4 Å². The minimum absolute atomic E-state index is 0.0797. The molecule has 0 spiro atoms. The zero-order valence-electron chi connectivity index (χ0n) is 11.6. The summed E-state index contributed by atoms with van der Waals surface area (Å²) in [5.41, 5.74) is 3.15. The van der Waals surface area contributed by atoms with Crippen molar-refractivity contribution in [2.24, 2.45) is 0 Å². The van der Waals surface area contributed by atoms with Gasteiger partial charge in [0.05, 0.1) is 0 Å². The SMILES string of the molecule is CCCNC(=O)/C(C#N)=C\Nc1c(C)cccc1C. The molecule has 0 bridgehead atoms. The average molecular weight is 257 g/mol. The number of nitrogens with zero attached hydrogens (tertiary/aromatic N) is 1. The second kappa shape index (κ2) is 7.22. The van der Waals surface area contributed by atoms with E-state index in [2.05, 4.69) is 10.6 Å². The summed E-state index contributed by atoms with van der Waals surface area (Å²) in [6.45, 7) is 6.49. The van der Waals surface area contributed by atoms with Crippen molar-refractivity contribution in [2.75, 3.05) is 11.9 Å². The maximum atomic E-state index is 11.7. The van der Waals surface area contributed by atoms with Gasteiger partial charge in [0.15, 0.2) is 0 Å². The molecule has 0 saturated heterocycles. The molecule has 0 aliphatic rings. The predicted octanol–water partition coefficient (Wildman–Crippen LogP) is 2.65. The van der Waals surface area contributed by atoms with E-state index in [1.807, 2.05) is 45.0 Å². The quantitative estimate of drug-likeness (QED) is 0.629. The first-order valence-corrected chi connectivity index (χ1v) is 6.31. The van der Waals surface area contributed by atoms with Crippen molar-refractivity contribution in [2.45, 2.75) is 27.2 Å². The third kappa shape index (κ3) is 4.14. The Kier molecular flexibility index (Phi) is 5.62. The van der Waals surface area contributed by atoms with E-state index < -0.39 is 0 Å². The van der Waals surface area contributed by atoms with E-state index in [0.717, 1.165) is 23.2 Å². The molecule has 0 aliphatic carbocycles. The second-order valence-electron chi connectivity index (χ2n) is 4.34. The number of carbonyl (C=O) groups is 1. The molecule has 0 saturated carbocycles. The molecule has 4 heteroatoms. The van der Waals surface area contributed by atoms with E-state index >= 15 is 0 Å². The summed E-state index contributed by atoms with van der Waals surface area (Å²) >= 11 is 0. The van der Waals surface area contributed by atoms with Crippen LogP contribution < -0.4 is 10.6 Å². The van der Waals surface area contributed by atoms with Gasteiger partial charge in [0.25, 0.3) is 5.91 Å². The van der Waals surface area contributed by atoms with Crippen LogP contribution in [0.4, 0.5) is 5.69 Å². The lowest BCUT2D eigenvalue weighted by molar-refractivity contribution is -0.117. The maximum absolute atomic E-state index is 11.7. The number of nitriles is 1. The van der Waals surface area contributed by atoms with Gasteiger partial charge >= 0.3 is 0 Å². The van der Waals surface area contributed by atoms with E-state index in [1.54, 1.807) is 0 Å². The number of aryl methyl sites for hydroxylation is 2. The maximum Gasteiger partial charge on any atom is 0.263 e. The molecule has 1 rings (SSSR count). The zero-order chi connectivity index (χ0) is 14.3. The van der Waals surface area contributed by atoms with Crippen LogP contribution in [0.1, 0.15) is 24.5 Å². The largest absolute Gasteiger partial charge is 0.360 e. The Balaban J connectivity index is 2.84. The molecule has 0 aliphatic heterocycles. The summed E-state index contributed by atoms with van der Waals surface area (Å²) in [5, 5.41) is 14.7. The van der Waals surface area contributed by atoms with Crippen LogP contribution in [0.2, 0.25) is 0 Å². The van der Waals surface area contributed by atoms with Crippen molar-refractivity contribution in [1.82, 2.24) is 5.32 Å². The fourth-order valence-electron chi connectivity index (χ4n) is 1.67. The van der Waals surface area contributed by atoms with Gasteiger partial charge in [-0.2, -0.15) is 5.26 Å². The highest BCUT2D eigenvalue weighted by molar-refractivity contribution is 5.97. The third-order valence-corrected chi connectivity index (χ3v) is 2.74. The smallest absolute Gasteiger partial charge is 0.263 e. The number of hydrogen-bond donors (Lipinski definition) is 2. The van der Waals surface area contributed by atoms with Crippen LogP contribution in [-0.4, -0.2) is 12.5 Å². The highest BCUT2D eigenvalue weighted by Gasteiger charge is 2.08. The van der Waals surface area contributed by atoms with E-state index in [-0.39, 0.29) is 11.5 Å². The lowest BCUT2D eigenvalue weighted by Crippen LogP contribution is -2.25. The van der Waals surface area contributed by atoms with Crippen LogP contribution in [-0.2, 0) is 4.79 Å². The van der Waals surface area contributed by atoms with Crippen LogP contribution in [0, 0.1) is 25.2 Å². The topological polar surface area (TPSA) is 64.9 Å². The van der Waals surface area contributed by atoms with Crippen LogP contribution in [0.25, 0.3) is 0 Å². The number of hydrogen-bond acceptors (Lipinski definition) is 3. The third-order valence-electron chi connectivity index (χ3n) is 2.74. The lowest BCUT2D eigenvalue weighted by Gasteiger charge is -2.09. The van der Waals surface area contributed by atoms with Crippen molar-refractivity contribution >= 4 is 11.6 Å². The summed E-state index contributed by atoms with van der Waals surface area (Å²) in [6.07, 6.45) is 2.30. The summed E-state index contributed by atoms with van der Waals surface area (Å²) in [5.74, 6) is -0.344. The first-order valence-electron chi connectivity index (χ1n) is 6.31. The highest BCUT2D eigenvalue weighted by Crippen LogP contribution is 2.19. The number of carbonyl (C=O) groups excluding carboxylic acids is 1. The molecule has 1 aromatic rings. The summed E-state index contributed by atoms with van der Waals surface area (Å²) in [7, 11) is 0. The molecule has 0 atom stereocenters. The fourth-order valence-corrected chi connectivity index (χ4v) is 1.67. The summed E-state index contributed by atoms with van der Waals surface area (Å²) < 4.78 is 0. The Morgan fingerprint density at radius 1 is 1.37 bits per heavy atom. The van der Waals surface area contributed by atoms with Crippen LogP contribution >= 0.6 is 0 Å². The number of rotatable bonds is 5. The Hall–Kier alpha value is -2.28. The molecule has 0 unspecified atom stereocenters. The van der Waals surface area contributed by atoms with Gasteiger partial charge < -0.3 is 10.6 Å². The molecule has 0 heterocycles. The monoisotopic (exact) mass is 257 g/mol. The molecule has 0 fully saturated rings. The molecule has 1 aromatic carbocycles. The standard InChI is InChI=1S/C15H19N3O/c1-4-8-17-15(19)13(9-16)10-18-14-11(2)6-5-7-12(14)3/h5-7,10,18H,4,8H2,1-3H3,(H,17,19)/b13-10-. The summed E-state index contributed by atoms with van der Waals surface area (Å²) in [4.78, 5) is 11.7. The van der Waals surface area contributed by atoms with Crippen LogP contribution in [0.15, 0.2) is 30.0 Å². The van der Waals surface area contributed by atoms with E-state index in [0.29, 0.717) is 6.54 Å². The number of amides is 1. The lowest BCUT2D eigenvalue weighted by atomic mass is 10.1. The molecular weight excluding hydrogens is 238 g/mol. The van der Waals surface area contributed by atoms with Crippen molar-refractivity contribution in [3.63, 3.8) is 0 Å². The molecule has 19 heavy (non-hydrogen) atoms. The minimum atomic E-state index is -0.344. The van der Waals surface area contributed by atoms with Crippen molar-refractivity contribution in [3.05, 3.63) is 41.1 Å². The second-order valence-corrected chi connectivity index (χ2v) is 4.34.